The SMILES string of the molecule is COc1ccc(/C=C\C(=O)O/N=C(\N)c2ccccc2)cc1COc1ccccc1. The number of benzene rings is 3. The zero-order chi connectivity index (χ0) is 21.2. The van der Waals surface area contributed by atoms with Gasteiger partial charge in [0.2, 0.25) is 0 Å². The van der Waals surface area contributed by atoms with Crippen molar-refractivity contribution >= 4 is 17.9 Å². The molecule has 3 aromatic rings. The van der Waals surface area contributed by atoms with E-state index in [1.54, 1.807) is 25.3 Å². The maximum absolute atomic E-state index is 11.9. The Labute approximate surface area is 175 Å². The molecule has 3 aromatic carbocycles. The van der Waals surface area contributed by atoms with Gasteiger partial charge in [-0.3, -0.25) is 0 Å². The number of nitrogens with zero attached hydrogens (tertiary/aromatic N) is 1. The summed E-state index contributed by atoms with van der Waals surface area (Å²) in [6.45, 7) is 0.331. The zero-order valence-electron chi connectivity index (χ0n) is 16.5. The van der Waals surface area contributed by atoms with Gasteiger partial charge >= 0.3 is 5.97 Å². The van der Waals surface area contributed by atoms with Gasteiger partial charge in [0.15, 0.2) is 5.84 Å². The standard InChI is InChI=1S/C24H22N2O4/c1-28-22-14-12-18(16-20(22)17-29-21-10-6-3-7-11-21)13-15-23(27)30-26-24(25)19-8-4-2-5-9-19/h2-16H,17H2,1H3,(H2,25,26)/b15-13-. The van der Waals surface area contributed by atoms with E-state index in [9.17, 15) is 4.79 Å². The largest absolute Gasteiger partial charge is 0.496 e. The molecule has 0 unspecified atom stereocenters. The average Bonchev–Trinajstić information content (AvgIpc) is 2.81. The van der Waals surface area contributed by atoms with E-state index in [4.69, 9.17) is 20.0 Å². The van der Waals surface area contributed by atoms with Crippen molar-refractivity contribution in [3.8, 4) is 11.5 Å². The van der Waals surface area contributed by atoms with Crippen LogP contribution in [0.25, 0.3) is 6.08 Å². The minimum atomic E-state index is -0.633. The van der Waals surface area contributed by atoms with E-state index in [-0.39, 0.29) is 5.84 Å². The fourth-order valence-electron chi connectivity index (χ4n) is 2.64. The Balaban J connectivity index is 1.63. The van der Waals surface area contributed by atoms with Crippen molar-refractivity contribution in [1.82, 2.24) is 0 Å². The molecule has 6 nitrogen and oxygen atoms in total. The van der Waals surface area contributed by atoms with Gasteiger partial charge in [-0.2, -0.15) is 0 Å². The van der Waals surface area contributed by atoms with Crippen molar-refractivity contribution in [3.05, 3.63) is 102 Å². The van der Waals surface area contributed by atoms with E-state index >= 15 is 0 Å². The minimum absolute atomic E-state index is 0.127. The first-order chi connectivity index (χ1) is 14.7. The lowest BCUT2D eigenvalue weighted by molar-refractivity contribution is -0.137. The summed E-state index contributed by atoms with van der Waals surface area (Å²) in [5.41, 5.74) is 8.12. The summed E-state index contributed by atoms with van der Waals surface area (Å²) >= 11 is 0. The molecule has 0 aliphatic rings. The normalized spacial score (nSPS) is 11.3. The molecule has 2 N–H and O–H groups in total. The summed E-state index contributed by atoms with van der Waals surface area (Å²) in [4.78, 5) is 16.8. The number of hydrogen-bond donors (Lipinski definition) is 1. The summed E-state index contributed by atoms with van der Waals surface area (Å²) < 4.78 is 11.2. The number of methoxy groups -OCH3 is 1. The molecule has 0 aliphatic heterocycles. The molecule has 0 fully saturated rings. The number of rotatable bonds is 8. The molecule has 0 aliphatic carbocycles. The minimum Gasteiger partial charge on any atom is -0.496 e. The smallest absolute Gasteiger partial charge is 0.358 e. The fourth-order valence-corrected chi connectivity index (χ4v) is 2.64. The molecule has 30 heavy (non-hydrogen) atoms. The number of carbonyl (C=O) groups is 1. The number of ether oxygens (including phenoxy) is 2. The van der Waals surface area contributed by atoms with Crippen LogP contribution in [0.1, 0.15) is 16.7 Å². The summed E-state index contributed by atoms with van der Waals surface area (Å²) in [5.74, 6) is 0.956. The van der Waals surface area contributed by atoms with E-state index < -0.39 is 5.97 Å². The van der Waals surface area contributed by atoms with Crippen LogP contribution in [0.3, 0.4) is 0 Å². The van der Waals surface area contributed by atoms with E-state index in [1.165, 1.54) is 6.08 Å². The van der Waals surface area contributed by atoms with Crippen molar-refractivity contribution in [2.45, 2.75) is 6.61 Å². The Bertz CT molecular complexity index is 1030. The number of amidine groups is 1. The van der Waals surface area contributed by atoms with Crippen LogP contribution in [0.4, 0.5) is 0 Å². The van der Waals surface area contributed by atoms with Gasteiger partial charge in [-0.1, -0.05) is 59.8 Å². The molecule has 0 aromatic heterocycles. The van der Waals surface area contributed by atoms with Crippen molar-refractivity contribution in [2.75, 3.05) is 7.11 Å². The predicted octanol–water partition coefficient (Wildman–Crippen LogP) is 4.15. The van der Waals surface area contributed by atoms with Crippen LogP contribution >= 0.6 is 0 Å². The fraction of sp³-hybridized carbons (Fsp3) is 0.0833. The highest BCUT2D eigenvalue weighted by Gasteiger charge is 2.06. The molecule has 0 spiro atoms. The molecule has 0 radical (unpaired) electrons. The van der Waals surface area contributed by atoms with Gasteiger partial charge in [0.1, 0.15) is 18.1 Å². The van der Waals surface area contributed by atoms with Gasteiger partial charge < -0.3 is 20.0 Å². The number of carbonyl (C=O) groups excluding carboxylic acids is 1. The Kier molecular flexibility index (Phi) is 7.22. The third-order valence-electron chi connectivity index (χ3n) is 4.16. The Morgan fingerprint density at radius 3 is 2.40 bits per heavy atom. The Morgan fingerprint density at radius 2 is 1.70 bits per heavy atom. The lowest BCUT2D eigenvalue weighted by Gasteiger charge is -2.11. The summed E-state index contributed by atoms with van der Waals surface area (Å²) in [6, 6.07) is 24.1. The first-order valence-corrected chi connectivity index (χ1v) is 9.28. The molecule has 0 saturated heterocycles. The molecule has 3 rings (SSSR count). The average molecular weight is 402 g/mol. The van der Waals surface area contributed by atoms with E-state index in [1.807, 2.05) is 66.7 Å². The van der Waals surface area contributed by atoms with Gasteiger partial charge in [0.25, 0.3) is 0 Å². The third-order valence-corrected chi connectivity index (χ3v) is 4.16. The van der Waals surface area contributed by atoms with Crippen LogP contribution in [0.2, 0.25) is 0 Å². The van der Waals surface area contributed by atoms with E-state index in [0.717, 1.165) is 16.9 Å². The molecular weight excluding hydrogens is 380 g/mol. The second-order valence-corrected chi connectivity index (χ2v) is 6.26. The predicted molar refractivity (Wildman–Crippen MR) is 116 cm³/mol. The molecule has 0 amide bonds. The Hall–Kier alpha value is -4.06. The molecule has 0 bridgehead atoms. The van der Waals surface area contributed by atoms with Crippen LogP contribution in [0.5, 0.6) is 11.5 Å². The molecule has 0 heterocycles. The van der Waals surface area contributed by atoms with Gasteiger partial charge in [0.05, 0.1) is 7.11 Å². The first kappa shape index (κ1) is 20.7. The number of hydrogen-bond acceptors (Lipinski definition) is 5. The highest BCUT2D eigenvalue weighted by molar-refractivity contribution is 5.97. The second kappa shape index (κ2) is 10.5. The molecule has 152 valence electrons. The quantitative estimate of drug-likeness (QED) is 0.201. The number of para-hydroxylation sites is 1. The summed E-state index contributed by atoms with van der Waals surface area (Å²) in [5, 5.41) is 3.67. The van der Waals surface area contributed by atoms with Gasteiger partial charge in [-0.15, -0.1) is 0 Å². The third kappa shape index (κ3) is 5.97. The van der Waals surface area contributed by atoms with Crippen LogP contribution < -0.4 is 15.2 Å². The summed E-state index contributed by atoms with van der Waals surface area (Å²) in [7, 11) is 1.60. The van der Waals surface area contributed by atoms with Gasteiger partial charge in [0, 0.05) is 17.2 Å². The van der Waals surface area contributed by atoms with Crippen molar-refractivity contribution in [3.63, 3.8) is 0 Å². The second-order valence-electron chi connectivity index (χ2n) is 6.26. The Morgan fingerprint density at radius 1 is 1.00 bits per heavy atom. The lowest BCUT2D eigenvalue weighted by atomic mass is 10.1. The highest BCUT2D eigenvalue weighted by atomic mass is 16.7. The van der Waals surface area contributed by atoms with Gasteiger partial charge in [-0.05, 0) is 35.9 Å². The van der Waals surface area contributed by atoms with Crippen LogP contribution in [0.15, 0.2) is 90.1 Å². The topological polar surface area (TPSA) is 83.1 Å². The molecule has 0 atom stereocenters. The van der Waals surface area contributed by atoms with E-state index in [0.29, 0.717) is 17.9 Å². The van der Waals surface area contributed by atoms with Gasteiger partial charge in [-0.25, -0.2) is 4.79 Å². The molecule has 0 saturated carbocycles. The zero-order valence-corrected chi connectivity index (χ0v) is 16.5. The van der Waals surface area contributed by atoms with Crippen molar-refractivity contribution < 1.29 is 19.1 Å². The maximum atomic E-state index is 11.9. The maximum Gasteiger partial charge on any atom is 0.358 e. The monoisotopic (exact) mass is 402 g/mol. The van der Waals surface area contributed by atoms with Crippen molar-refractivity contribution in [1.29, 1.82) is 0 Å². The first-order valence-electron chi connectivity index (χ1n) is 9.28. The van der Waals surface area contributed by atoms with Crippen LogP contribution in [0, 0.1) is 0 Å². The lowest BCUT2D eigenvalue weighted by Crippen LogP contribution is -2.14. The van der Waals surface area contributed by atoms with Crippen molar-refractivity contribution in [2.24, 2.45) is 10.9 Å². The van der Waals surface area contributed by atoms with Crippen LogP contribution in [-0.2, 0) is 16.2 Å². The molecule has 6 heteroatoms. The van der Waals surface area contributed by atoms with Crippen LogP contribution in [-0.4, -0.2) is 18.9 Å². The number of oxime groups is 1. The highest BCUT2D eigenvalue weighted by Crippen LogP contribution is 2.23. The number of nitrogens with two attached hydrogens (primary N) is 1. The van der Waals surface area contributed by atoms with E-state index in [2.05, 4.69) is 5.16 Å². The summed E-state index contributed by atoms with van der Waals surface area (Å²) in [6.07, 6.45) is 2.91. The molecular formula is C24H22N2O4.